The van der Waals surface area contributed by atoms with Crippen molar-refractivity contribution in [1.29, 1.82) is 0 Å². The summed E-state index contributed by atoms with van der Waals surface area (Å²) >= 11 is 0. The second-order valence-electron chi connectivity index (χ2n) is 5.31. The number of rotatable bonds is 3. The van der Waals surface area contributed by atoms with Gasteiger partial charge >= 0.3 is 0 Å². The van der Waals surface area contributed by atoms with Crippen LogP contribution in [0.3, 0.4) is 0 Å². The highest BCUT2D eigenvalue weighted by molar-refractivity contribution is 7.89. The van der Waals surface area contributed by atoms with Gasteiger partial charge in [-0.3, -0.25) is 4.79 Å². The number of amides is 1. The van der Waals surface area contributed by atoms with Crippen molar-refractivity contribution in [3.8, 4) is 0 Å². The fourth-order valence-corrected chi connectivity index (χ4v) is 3.87. The van der Waals surface area contributed by atoms with Crippen LogP contribution in [0.15, 0.2) is 17.6 Å². The zero-order valence-corrected chi connectivity index (χ0v) is 12.8. The maximum absolute atomic E-state index is 12.5. The van der Waals surface area contributed by atoms with Gasteiger partial charge in [0.1, 0.15) is 0 Å². The van der Waals surface area contributed by atoms with E-state index in [0.29, 0.717) is 13.0 Å². The Balaban J connectivity index is 2.18. The Bertz CT molecular complexity index is 594. The van der Waals surface area contributed by atoms with Crippen molar-refractivity contribution in [2.45, 2.75) is 17.9 Å². The Morgan fingerprint density at radius 3 is 2.70 bits per heavy atom. The van der Waals surface area contributed by atoms with Crippen molar-refractivity contribution in [2.75, 3.05) is 27.2 Å². The zero-order valence-electron chi connectivity index (χ0n) is 12.0. The Morgan fingerprint density at radius 2 is 2.15 bits per heavy atom. The van der Waals surface area contributed by atoms with E-state index >= 15 is 0 Å². The minimum atomic E-state index is -3.60. The van der Waals surface area contributed by atoms with E-state index in [1.165, 1.54) is 21.7 Å². The predicted octanol–water partition coefficient (Wildman–Crippen LogP) is -0.0910. The standard InChI is InChI=1S/C12H20N4O3S/c1-14(2)12(17)10-5-4-6-16(7-10)20(18,19)11-8-15(3)9-13-11/h8-10H,4-7H2,1-3H3/t10-/m0/s1. The first-order valence-corrected chi connectivity index (χ1v) is 7.95. The van der Waals surface area contributed by atoms with Crippen molar-refractivity contribution >= 4 is 15.9 Å². The van der Waals surface area contributed by atoms with Gasteiger partial charge in [0, 0.05) is 40.4 Å². The molecule has 20 heavy (non-hydrogen) atoms. The number of hydrogen-bond donors (Lipinski definition) is 0. The Kier molecular flexibility index (Phi) is 4.14. The number of imidazole rings is 1. The van der Waals surface area contributed by atoms with Crippen LogP contribution in [0.25, 0.3) is 0 Å². The molecule has 0 N–H and O–H groups in total. The van der Waals surface area contributed by atoms with Crippen LogP contribution in [-0.4, -0.2) is 60.3 Å². The second-order valence-corrected chi connectivity index (χ2v) is 7.20. The first-order chi connectivity index (χ1) is 9.32. The van der Waals surface area contributed by atoms with Crippen molar-refractivity contribution in [3.63, 3.8) is 0 Å². The lowest BCUT2D eigenvalue weighted by Crippen LogP contribution is -2.45. The summed E-state index contributed by atoms with van der Waals surface area (Å²) in [6, 6.07) is 0. The Morgan fingerprint density at radius 1 is 1.45 bits per heavy atom. The quantitative estimate of drug-likeness (QED) is 0.782. The molecule has 1 aromatic heterocycles. The summed E-state index contributed by atoms with van der Waals surface area (Å²) in [7, 11) is 1.50. The molecule has 0 spiro atoms. The molecule has 1 aliphatic rings. The minimum absolute atomic E-state index is 0.0223. The Hall–Kier alpha value is -1.41. The van der Waals surface area contributed by atoms with Gasteiger partial charge in [-0.1, -0.05) is 0 Å². The smallest absolute Gasteiger partial charge is 0.262 e. The normalized spacial score (nSPS) is 20.9. The molecule has 1 amide bonds. The third kappa shape index (κ3) is 2.85. The largest absolute Gasteiger partial charge is 0.349 e. The fraction of sp³-hybridized carbons (Fsp3) is 0.667. The molecule has 1 aromatic rings. The van der Waals surface area contributed by atoms with Gasteiger partial charge in [-0.25, -0.2) is 13.4 Å². The van der Waals surface area contributed by atoms with Gasteiger partial charge < -0.3 is 9.47 Å². The predicted molar refractivity (Wildman–Crippen MR) is 73.4 cm³/mol. The average Bonchev–Trinajstić information content (AvgIpc) is 2.85. The third-order valence-corrected chi connectivity index (χ3v) is 5.21. The Labute approximate surface area is 119 Å². The van der Waals surface area contributed by atoms with E-state index in [1.54, 1.807) is 25.7 Å². The average molecular weight is 300 g/mol. The van der Waals surface area contributed by atoms with Crippen molar-refractivity contribution in [2.24, 2.45) is 13.0 Å². The minimum Gasteiger partial charge on any atom is -0.349 e. The first-order valence-electron chi connectivity index (χ1n) is 6.51. The number of piperidine rings is 1. The van der Waals surface area contributed by atoms with E-state index in [4.69, 9.17) is 0 Å². The molecule has 2 heterocycles. The van der Waals surface area contributed by atoms with Crippen LogP contribution < -0.4 is 0 Å². The maximum Gasteiger partial charge on any atom is 0.262 e. The van der Waals surface area contributed by atoms with E-state index in [2.05, 4.69) is 4.98 Å². The van der Waals surface area contributed by atoms with Crippen molar-refractivity contribution < 1.29 is 13.2 Å². The number of aryl methyl sites for hydroxylation is 1. The van der Waals surface area contributed by atoms with Crippen LogP contribution in [0.1, 0.15) is 12.8 Å². The highest BCUT2D eigenvalue weighted by Gasteiger charge is 2.34. The number of sulfonamides is 1. The molecule has 0 aliphatic carbocycles. The molecule has 1 saturated heterocycles. The fourth-order valence-electron chi connectivity index (χ4n) is 2.38. The number of nitrogens with zero attached hydrogens (tertiary/aromatic N) is 4. The second kappa shape index (κ2) is 5.53. The molecule has 0 radical (unpaired) electrons. The van der Waals surface area contributed by atoms with Gasteiger partial charge in [0.2, 0.25) is 5.91 Å². The van der Waals surface area contributed by atoms with Crippen molar-refractivity contribution in [3.05, 3.63) is 12.5 Å². The van der Waals surface area contributed by atoms with Crippen LogP contribution in [0.2, 0.25) is 0 Å². The number of hydrogen-bond acceptors (Lipinski definition) is 4. The molecule has 0 saturated carbocycles. The van der Waals surface area contributed by atoms with Gasteiger partial charge in [0.05, 0.1) is 12.2 Å². The molecule has 0 aromatic carbocycles. The highest BCUT2D eigenvalue weighted by Crippen LogP contribution is 2.23. The first kappa shape index (κ1) is 15.0. The van der Waals surface area contributed by atoms with Crippen LogP contribution in [0.5, 0.6) is 0 Å². The van der Waals surface area contributed by atoms with Crippen LogP contribution in [0, 0.1) is 5.92 Å². The lowest BCUT2D eigenvalue weighted by atomic mass is 9.98. The van der Waals surface area contributed by atoms with E-state index in [1.807, 2.05) is 0 Å². The summed E-state index contributed by atoms with van der Waals surface area (Å²) in [4.78, 5) is 17.4. The van der Waals surface area contributed by atoms with Gasteiger partial charge in [0.25, 0.3) is 10.0 Å². The molecule has 1 atom stereocenters. The molecular weight excluding hydrogens is 280 g/mol. The van der Waals surface area contributed by atoms with E-state index in [0.717, 1.165) is 6.42 Å². The molecular formula is C12H20N4O3S. The lowest BCUT2D eigenvalue weighted by molar-refractivity contribution is -0.134. The SMILES string of the molecule is CN(C)C(=O)[C@H]1CCCN(S(=O)(=O)c2cn(C)cn2)C1. The summed E-state index contributed by atoms with van der Waals surface area (Å²) in [6.07, 6.45) is 4.35. The van der Waals surface area contributed by atoms with Gasteiger partial charge in [0.15, 0.2) is 5.03 Å². The topological polar surface area (TPSA) is 75.5 Å². The molecule has 7 nitrogen and oxygen atoms in total. The molecule has 0 unspecified atom stereocenters. The monoisotopic (exact) mass is 300 g/mol. The summed E-state index contributed by atoms with van der Waals surface area (Å²) in [5, 5.41) is 0.0398. The number of carbonyl (C=O) groups excluding carboxylic acids is 1. The summed E-state index contributed by atoms with van der Waals surface area (Å²) in [6.45, 7) is 0.673. The van der Waals surface area contributed by atoms with E-state index in [-0.39, 0.29) is 23.4 Å². The van der Waals surface area contributed by atoms with Gasteiger partial charge in [-0.2, -0.15) is 4.31 Å². The van der Waals surface area contributed by atoms with Crippen LogP contribution in [-0.2, 0) is 21.9 Å². The van der Waals surface area contributed by atoms with Crippen LogP contribution >= 0.6 is 0 Å². The maximum atomic E-state index is 12.5. The molecule has 1 fully saturated rings. The number of carbonyl (C=O) groups is 1. The third-order valence-electron chi connectivity index (χ3n) is 3.46. The summed E-state index contributed by atoms with van der Waals surface area (Å²) in [5.74, 6) is -0.289. The lowest BCUT2D eigenvalue weighted by Gasteiger charge is -2.31. The van der Waals surface area contributed by atoms with Crippen LogP contribution in [0.4, 0.5) is 0 Å². The van der Waals surface area contributed by atoms with Gasteiger partial charge in [-0.05, 0) is 12.8 Å². The summed E-state index contributed by atoms with van der Waals surface area (Å²) < 4.78 is 27.9. The van der Waals surface area contributed by atoms with Gasteiger partial charge in [-0.15, -0.1) is 0 Å². The highest BCUT2D eigenvalue weighted by atomic mass is 32.2. The molecule has 0 bridgehead atoms. The summed E-state index contributed by atoms with van der Waals surface area (Å²) in [5.41, 5.74) is 0. The number of aromatic nitrogens is 2. The molecule has 2 rings (SSSR count). The van der Waals surface area contributed by atoms with E-state index in [9.17, 15) is 13.2 Å². The zero-order chi connectivity index (χ0) is 14.9. The molecule has 112 valence electrons. The molecule has 1 aliphatic heterocycles. The van der Waals surface area contributed by atoms with Crippen molar-refractivity contribution in [1.82, 2.24) is 18.8 Å². The molecule has 8 heteroatoms. The van der Waals surface area contributed by atoms with E-state index < -0.39 is 10.0 Å².